The van der Waals surface area contributed by atoms with Crippen LogP contribution >= 0.6 is 23.2 Å². The van der Waals surface area contributed by atoms with Gasteiger partial charge in [-0.2, -0.15) is 0 Å². The maximum Gasteiger partial charge on any atom is 0.128 e. The molecule has 0 N–H and O–H groups in total. The van der Waals surface area contributed by atoms with Gasteiger partial charge in [-0.25, -0.2) is 4.98 Å². The number of nitrogens with zero attached hydrogens (tertiary/aromatic N) is 3. The average Bonchev–Trinajstić information content (AvgIpc) is 2.39. The molecule has 0 radical (unpaired) electrons. The minimum absolute atomic E-state index is 0.434. The van der Waals surface area contributed by atoms with E-state index in [1.807, 2.05) is 6.07 Å². The molecule has 5 heteroatoms. The zero-order chi connectivity index (χ0) is 12.3. The first kappa shape index (κ1) is 12.9. The Kier molecular flexibility index (Phi) is 4.48. The molecule has 3 nitrogen and oxygen atoms in total. The van der Waals surface area contributed by atoms with Gasteiger partial charge in [0.2, 0.25) is 0 Å². The third-order valence-corrected chi connectivity index (χ3v) is 3.84. The van der Waals surface area contributed by atoms with Crippen LogP contribution in [0.15, 0.2) is 12.3 Å². The van der Waals surface area contributed by atoms with E-state index in [0.717, 1.165) is 44.1 Å². The Morgan fingerprint density at radius 3 is 2.59 bits per heavy atom. The highest BCUT2D eigenvalue weighted by Gasteiger charge is 2.17. The molecule has 0 bridgehead atoms. The minimum atomic E-state index is 0.434. The Bertz CT molecular complexity index is 376. The van der Waals surface area contributed by atoms with E-state index in [0.29, 0.717) is 10.9 Å². The summed E-state index contributed by atoms with van der Waals surface area (Å²) in [4.78, 5) is 9.11. The molecule has 2 rings (SSSR count). The van der Waals surface area contributed by atoms with E-state index in [9.17, 15) is 0 Å². The van der Waals surface area contributed by atoms with Crippen molar-refractivity contribution in [2.24, 2.45) is 0 Å². The summed E-state index contributed by atoms with van der Waals surface area (Å²) >= 11 is 11.9. The molecule has 0 aromatic carbocycles. The summed E-state index contributed by atoms with van der Waals surface area (Å²) < 4.78 is 0. The largest absolute Gasteiger partial charge is 0.354 e. The summed E-state index contributed by atoms with van der Waals surface area (Å²) in [7, 11) is 0. The zero-order valence-corrected chi connectivity index (χ0v) is 11.5. The molecular formula is C12H17Cl2N3. The van der Waals surface area contributed by atoms with E-state index in [-0.39, 0.29) is 0 Å². The fourth-order valence-corrected chi connectivity index (χ4v) is 2.50. The van der Waals surface area contributed by atoms with Crippen LogP contribution in [0.3, 0.4) is 0 Å². The van der Waals surface area contributed by atoms with Crippen molar-refractivity contribution in [3.8, 4) is 0 Å². The Hall–Kier alpha value is -0.510. The van der Waals surface area contributed by atoms with Gasteiger partial charge in [-0.05, 0) is 18.2 Å². The molecule has 2 heterocycles. The van der Waals surface area contributed by atoms with Crippen molar-refractivity contribution in [2.75, 3.05) is 37.6 Å². The molecule has 1 aliphatic rings. The van der Waals surface area contributed by atoms with Crippen LogP contribution in [0, 0.1) is 0 Å². The molecule has 1 aliphatic heterocycles. The number of hydrogen-bond acceptors (Lipinski definition) is 3. The van der Waals surface area contributed by atoms with Crippen LogP contribution in [-0.2, 0) is 5.88 Å². The van der Waals surface area contributed by atoms with Crippen LogP contribution < -0.4 is 4.90 Å². The van der Waals surface area contributed by atoms with E-state index in [1.165, 1.54) is 0 Å². The SMILES string of the molecule is CCN1CCN(c2cc(CCl)c(Cl)cn2)CC1. The van der Waals surface area contributed by atoms with Crippen molar-refractivity contribution in [1.82, 2.24) is 9.88 Å². The Morgan fingerprint density at radius 2 is 2.00 bits per heavy atom. The number of anilines is 1. The van der Waals surface area contributed by atoms with E-state index in [2.05, 4.69) is 21.7 Å². The van der Waals surface area contributed by atoms with Crippen molar-refractivity contribution in [3.05, 3.63) is 22.8 Å². The predicted octanol–water partition coefficient (Wildman–Crippen LogP) is 2.62. The van der Waals surface area contributed by atoms with Crippen LogP contribution in [0.2, 0.25) is 5.02 Å². The van der Waals surface area contributed by atoms with Gasteiger partial charge in [0.1, 0.15) is 5.82 Å². The smallest absolute Gasteiger partial charge is 0.128 e. The summed E-state index contributed by atoms with van der Waals surface area (Å²) in [6.45, 7) is 7.54. The van der Waals surface area contributed by atoms with Gasteiger partial charge in [-0.1, -0.05) is 18.5 Å². The molecular weight excluding hydrogens is 257 g/mol. The summed E-state index contributed by atoms with van der Waals surface area (Å²) in [5.74, 6) is 1.42. The molecule has 0 amide bonds. The third kappa shape index (κ3) is 3.03. The first-order valence-corrected chi connectivity index (χ1v) is 6.83. The van der Waals surface area contributed by atoms with Crippen LogP contribution in [0.4, 0.5) is 5.82 Å². The molecule has 1 aromatic heterocycles. The molecule has 0 atom stereocenters. The van der Waals surface area contributed by atoms with Gasteiger partial charge in [-0.3, -0.25) is 0 Å². The normalized spacial score (nSPS) is 17.5. The van der Waals surface area contributed by atoms with Crippen molar-refractivity contribution in [3.63, 3.8) is 0 Å². The molecule has 17 heavy (non-hydrogen) atoms. The van der Waals surface area contributed by atoms with Crippen molar-refractivity contribution in [2.45, 2.75) is 12.8 Å². The maximum absolute atomic E-state index is 6.01. The fourth-order valence-electron chi connectivity index (χ4n) is 2.04. The second kappa shape index (κ2) is 5.89. The third-order valence-electron chi connectivity index (χ3n) is 3.21. The Balaban J connectivity index is 2.08. The highest BCUT2D eigenvalue weighted by Crippen LogP contribution is 2.22. The fraction of sp³-hybridized carbons (Fsp3) is 0.583. The Labute approximate surface area is 112 Å². The lowest BCUT2D eigenvalue weighted by Crippen LogP contribution is -2.46. The van der Waals surface area contributed by atoms with Crippen LogP contribution in [0.5, 0.6) is 0 Å². The van der Waals surface area contributed by atoms with Crippen LogP contribution in [-0.4, -0.2) is 42.6 Å². The molecule has 94 valence electrons. The van der Waals surface area contributed by atoms with Gasteiger partial charge < -0.3 is 9.80 Å². The van der Waals surface area contributed by atoms with E-state index < -0.39 is 0 Å². The monoisotopic (exact) mass is 273 g/mol. The molecule has 0 saturated carbocycles. The predicted molar refractivity (Wildman–Crippen MR) is 73.1 cm³/mol. The quantitative estimate of drug-likeness (QED) is 0.790. The summed E-state index contributed by atoms with van der Waals surface area (Å²) in [6.07, 6.45) is 1.70. The van der Waals surface area contributed by atoms with Crippen molar-refractivity contribution in [1.29, 1.82) is 0 Å². The molecule has 1 saturated heterocycles. The second-order valence-electron chi connectivity index (χ2n) is 4.19. The number of alkyl halides is 1. The van der Waals surface area contributed by atoms with Crippen LogP contribution in [0.1, 0.15) is 12.5 Å². The molecule has 1 aromatic rings. The lowest BCUT2D eigenvalue weighted by Gasteiger charge is -2.34. The zero-order valence-electron chi connectivity index (χ0n) is 9.99. The minimum Gasteiger partial charge on any atom is -0.354 e. The van der Waals surface area contributed by atoms with Gasteiger partial charge in [0, 0.05) is 38.3 Å². The maximum atomic E-state index is 6.01. The van der Waals surface area contributed by atoms with Gasteiger partial charge in [0.05, 0.1) is 5.02 Å². The van der Waals surface area contributed by atoms with Gasteiger partial charge in [-0.15, -0.1) is 11.6 Å². The van der Waals surface area contributed by atoms with Crippen molar-refractivity contribution < 1.29 is 0 Å². The topological polar surface area (TPSA) is 19.4 Å². The Morgan fingerprint density at radius 1 is 1.29 bits per heavy atom. The van der Waals surface area contributed by atoms with Crippen LogP contribution in [0.25, 0.3) is 0 Å². The molecule has 1 fully saturated rings. The summed E-state index contributed by atoms with van der Waals surface area (Å²) in [6, 6.07) is 2.00. The molecule has 0 aliphatic carbocycles. The number of pyridine rings is 1. The molecule has 0 spiro atoms. The highest BCUT2D eigenvalue weighted by atomic mass is 35.5. The first-order valence-electron chi connectivity index (χ1n) is 5.92. The highest BCUT2D eigenvalue weighted by molar-refractivity contribution is 6.32. The standard InChI is InChI=1S/C12H17Cl2N3/c1-2-16-3-5-17(6-4-16)12-7-10(8-13)11(14)9-15-12/h7,9H,2-6,8H2,1H3. The number of aromatic nitrogens is 1. The summed E-state index contributed by atoms with van der Waals surface area (Å²) in [5, 5.41) is 0.649. The van der Waals surface area contributed by atoms with Gasteiger partial charge in [0.25, 0.3) is 0 Å². The molecule has 0 unspecified atom stereocenters. The number of piperazine rings is 1. The second-order valence-corrected chi connectivity index (χ2v) is 4.86. The van der Waals surface area contributed by atoms with E-state index >= 15 is 0 Å². The average molecular weight is 274 g/mol. The number of rotatable bonds is 3. The van der Waals surface area contributed by atoms with E-state index in [4.69, 9.17) is 23.2 Å². The number of likely N-dealkylation sites (N-methyl/N-ethyl adjacent to an activating group) is 1. The van der Waals surface area contributed by atoms with E-state index in [1.54, 1.807) is 6.20 Å². The van der Waals surface area contributed by atoms with Gasteiger partial charge >= 0.3 is 0 Å². The lowest BCUT2D eigenvalue weighted by molar-refractivity contribution is 0.270. The lowest BCUT2D eigenvalue weighted by atomic mass is 10.2. The first-order chi connectivity index (χ1) is 8.24. The van der Waals surface area contributed by atoms with Crippen molar-refractivity contribution >= 4 is 29.0 Å². The van der Waals surface area contributed by atoms with Gasteiger partial charge in [0.15, 0.2) is 0 Å². The number of hydrogen-bond donors (Lipinski definition) is 0. The summed E-state index contributed by atoms with van der Waals surface area (Å²) in [5.41, 5.74) is 0.955. The number of halogens is 2.